The summed E-state index contributed by atoms with van der Waals surface area (Å²) in [5.74, 6) is 0.329. The van der Waals surface area contributed by atoms with Crippen molar-refractivity contribution in [3.8, 4) is 0 Å². The molecule has 1 rings (SSSR count). The predicted octanol–water partition coefficient (Wildman–Crippen LogP) is 2.54. The summed E-state index contributed by atoms with van der Waals surface area (Å²) in [5, 5.41) is 9.97. The van der Waals surface area contributed by atoms with E-state index >= 15 is 0 Å². The van der Waals surface area contributed by atoms with E-state index in [0.717, 1.165) is 9.13 Å². The first kappa shape index (κ1) is 14.9. The lowest BCUT2D eigenvalue weighted by molar-refractivity contribution is 0.166. The molecule has 0 fully saturated rings. The van der Waals surface area contributed by atoms with Crippen LogP contribution in [0.2, 0.25) is 0 Å². The Kier molecular flexibility index (Phi) is 5.88. The quantitative estimate of drug-likeness (QED) is 0.786. The van der Waals surface area contributed by atoms with Gasteiger partial charge in [-0.2, -0.15) is 0 Å². The van der Waals surface area contributed by atoms with Crippen molar-refractivity contribution < 1.29 is 13.5 Å². The molecule has 0 saturated heterocycles. The second kappa shape index (κ2) is 6.70. The molecule has 1 N–H and O–H groups in total. The second-order valence-electron chi connectivity index (χ2n) is 3.92. The van der Waals surface area contributed by atoms with E-state index in [1.807, 2.05) is 24.3 Å². The Hall–Kier alpha value is -0.140. The number of hydrogen-bond acceptors (Lipinski definition) is 3. The molecule has 0 heterocycles. The lowest BCUT2D eigenvalue weighted by atomic mass is 10.1. The highest BCUT2D eigenvalue weighted by atomic mass is 127. The average molecular weight is 368 g/mol. The minimum Gasteiger partial charge on any atom is -0.388 e. The summed E-state index contributed by atoms with van der Waals surface area (Å²) in [6.07, 6.45) is 0.414. The molecule has 0 radical (unpaired) electrons. The van der Waals surface area contributed by atoms with Gasteiger partial charge in [0.25, 0.3) is 0 Å². The number of hydrogen-bond donors (Lipinski definition) is 1. The zero-order valence-corrected chi connectivity index (χ0v) is 12.7. The molecule has 1 aromatic rings. The van der Waals surface area contributed by atoms with Crippen molar-refractivity contribution in [3.05, 3.63) is 33.4 Å². The normalized spacial score (nSPS) is 13.6. The van der Waals surface area contributed by atoms with E-state index in [1.54, 1.807) is 6.92 Å². The first-order valence-corrected chi connectivity index (χ1v) is 8.49. The predicted molar refractivity (Wildman–Crippen MR) is 77.7 cm³/mol. The smallest absolute Gasteiger partial charge is 0.150 e. The van der Waals surface area contributed by atoms with E-state index in [2.05, 4.69) is 22.6 Å². The lowest BCUT2D eigenvalue weighted by Crippen LogP contribution is -2.10. The molecular weight excluding hydrogens is 351 g/mol. The molecule has 0 aliphatic carbocycles. The standard InChI is InChI=1S/C12H17IO3S/c1-2-17(15,16)9-5-8-12(14)10-6-3-4-7-11(10)13/h3-4,6-7,12,14H,2,5,8-9H2,1H3. The van der Waals surface area contributed by atoms with E-state index < -0.39 is 15.9 Å². The largest absolute Gasteiger partial charge is 0.388 e. The van der Waals surface area contributed by atoms with Crippen LogP contribution in [0.25, 0.3) is 0 Å². The number of benzene rings is 1. The number of rotatable bonds is 6. The Bertz CT molecular complexity index is 457. The Morgan fingerprint density at radius 3 is 2.59 bits per heavy atom. The molecule has 3 nitrogen and oxygen atoms in total. The van der Waals surface area contributed by atoms with E-state index in [0.29, 0.717) is 12.8 Å². The van der Waals surface area contributed by atoms with Crippen LogP contribution >= 0.6 is 22.6 Å². The second-order valence-corrected chi connectivity index (χ2v) is 7.55. The van der Waals surface area contributed by atoms with Crippen LogP contribution < -0.4 is 0 Å². The SMILES string of the molecule is CCS(=O)(=O)CCCC(O)c1ccccc1I. The van der Waals surface area contributed by atoms with E-state index in [-0.39, 0.29) is 11.5 Å². The zero-order valence-electron chi connectivity index (χ0n) is 9.77. The summed E-state index contributed by atoms with van der Waals surface area (Å²) in [6, 6.07) is 7.60. The Morgan fingerprint density at radius 2 is 2.00 bits per heavy atom. The fourth-order valence-electron chi connectivity index (χ4n) is 1.54. The third-order valence-electron chi connectivity index (χ3n) is 2.64. The van der Waals surface area contributed by atoms with Crippen LogP contribution in [0.15, 0.2) is 24.3 Å². The van der Waals surface area contributed by atoms with Crippen molar-refractivity contribution in [2.24, 2.45) is 0 Å². The highest BCUT2D eigenvalue weighted by Crippen LogP contribution is 2.23. The van der Waals surface area contributed by atoms with Gasteiger partial charge < -0.3 is 5.11 Å². The van der Waals surface area contributed by atoms with Crippen molar-refractivity contribution >= 4 is 32.4 Å². The van der Waals surface area contributed by atoms with Crippen molar-refractivity contribution in [2.75, 3.05) is 11.5 Å². The topological polar surface area (TPSA) is 54.4 Å². The molecule has 0 aromatic heterocycles. The van der Waals surface area contributed by atoms with Gasteiger partial charge in [0.05, 0.1) is 11.9 Å². The van der Waals surface area contributed by atoms with Gasteiger partial charge in [-0.3, -0.25) is 0 Å². The number of aliphatic hydroxyl groups excluding tert-OH is 1. The van der Waals surface area contributed by atoms with Crippen LogP contribution in [0.3, 0.4) is 0 Å². The first-order chi connectivity index (χ1) is 7.96. The maximum atomic E-state index is 11.3. The summed E-state index contributed by atoms with van der Waals surface area (Å²) < 4.78 is 23.6. The number of aliphatic hydroxyl groups is 1. The molecule has 0 saturated carbocycles. The zero-order chi connectivity index (χ0) is 12.9. The highest BCUT2D eigenvalue weighted by Gasteiger charge is 2.13. The molecule has 1 atom stereocenters. The number of halogens is 1. The van der Waals surface area contributed by atoms with Gasteiger partial charge in [0.2, 0.25) is 0 Å². The molecule has 5 heteroatoms. The molecule has 0 bridgehead atoms. The van der Waals surface area contributed by atoms with E-state index in [1.165, 1.54) is 0 Å². The molecule has 1 unspecified atom stereocenters. The van der Waals surface area contributed by atoms with Gasteiger partial charge in [0.1, 0.15) is 9.84 Å². The van der Waals surface area contributed by atoms with Crippen LogP contribution in [0, 0.1) is 3.57 Å². The monoisotopic (exact) mass is 368 g/mol. The lowest BCUT2D eigenvalue weighted by Gasteiger charge is -2.12. The summed E-state index contributed by atoms with van der Waals surface area (Å²) in [6.45, 7) is 1.64. The third kappa shape index (κ3) is 4.93. The fraction of sp³-hybridized carbons (Fsp3) is 0.500. The maximum absolute atomic E-state index is 11.3. The van der Waals surface area contributed by atoms with Crippen LogP contribution in [-0.2, 0) is 9.84 Å². The molecule has 0 aliphatic rings. The summed E-state index contributed by atoms with van der Waals surface area (Å²) >= 11 is 2.17. The van der Waals surface area contributed by atoms with Crippen molar-refractivity contribution in [3.63, 3.8) is 0 Å². The third-order valence-corrected chi connectivity index (χ3v) is 5.41. The summed E-state index contributed by atoms with van der Waals surface area (Å²) in [5.41, 5.74) is 0.877. The van der Waals surface area contributed by atoms with Gasteiger partial charge in [0, 0.05) is 9.32 Å². The maximum Gasteiger partial charge on any atom is 0.150 e. The van der Waals surface area contributed by atoms with E-state index in [9.17, 15) is 13.5 Å². The average Bonchev–Trinajstić information content (AvgIpc) is 2.29. The Morgan fingerprint density at radius 1 is 1.35 bits per heavy atom. The van der Waals surface area contributed by atoms with Gasteiger partial charge in [0.15, 0.2) is 0 Å². The first-order valence-electron chi connectivity index (χ1n) is 5.59. The molecule has 17 heavy (non-hydrogen) atoms. The molecule has 1 aromatic carbocycles. The van der Waals surface area contributed by atoms with E-state index in [4.69, 9.17) is 0 Å². The van der Waals surface area contributed by atoms with Crippen LogP contribution in [0.1, 0.15) is 31.4 Å². The molecule has 0 amide bonds. The van der Waals surface area contributed by atoms with Gasteiger partial charge in [-0.1, -0.05) is 25.1 Å². The van der Waals surface area contributed by atoms with Crippen LogP contribution in [0.4, 0.5) is 0 Å². The van der Waals surface area contributed by atoms with Crippen molar-refractivity contribution in [1.29, 1.82) is 0 Å². The van der Waals surface area contributed by atoms with Crippen molar-refractivity contribution in [2.45, 2.75) is 25.9 Å². The van der Waals surface area contributed by atoms with Gasteiger partial charge >= 0.3 is 0 Å². The Balaban J connectivity index is 2.51. The minimum atomic E-state index is -2.92. The van der Waals surface area contributed by atoms with Gasteiger partial charge in [-0.25, -0.2) is 8.42 Å². The molecule has 96 valence electrons. The molecular formula is C12H17IO3S. The summed E-state index contributed by atoms with van der Waals surface area (Å²) in [7, 11) is -2.92. The fourth-order valence-corrected chi connectivity index (χ4v) is 3.18. The van der Waals surface area contributed by atoms with Crippen molar-refractivity contribution in [1.82, 2.24) is 0 Å². The Labute approximate surface area is 116 Å². The minimum absolute atomic E-state index is 0.157. The van der Waals surface area contributed by atoms with Gasteiger partial charge in [-0.05, 0) is 47.1 Å². The van der Waals surface area contributed by atoms with Crippen LogP contribution in [-0.4, -0.2) is 25.0 Å². The van der Waals surface area contributed by atoms with Crippen LogP contribution in [0.5, 0.6) is 0 Å². The number of sulfone groups is 1. The summed E-state index contributed by atoms with van der Waals surface area (Å²) in [4.78, 5) is 0. The molecule has 0 spiro atoms. The molecule has 0 aliphatic heterocycles. The highest BCUT2D eigenvalue weighted by molar-refractivity contribution is 14.1. The van der Waals surface area contributed by atoms with Gasteiger partial charge in [-0.15, -0.1) is 0 Å².